The van der Waals surface area contributed by atoms with Crippen molar-refractivity contribution in [1.82, 2.24) is 0 Å². The fourth-order valence-corrected chi connectivity index (χ4v) is 3.46. The summed E-state index contributed by atoms with van der Waals surface area (Å²) < 4.78 is 11.0. The first kappa shape index (κ1) is 23.5. The predicted octanol–water partition coefficient (Wildman–Crippen LogP) is 6.95. The fourth-order valence-electron chi connectivity index (χ4n) is 3.46. The smallest absolute Gasteiger partial charge is 0.339 e. The van der Waals surface area contributed by atoms with Crippen molar-refractivity contribution in [3.8, 4) is 12.0 Å². The van der Waals surface area contributed by atoms with Gasteiger partial charge in [0.05, 0.1) is 5.56 Å². The standard InChI is InChI=1S/C27H34O3/c1-18(2)23-16-24(19(3)4)26(25(17-23)20(5)6)21(7)29-14-11-15-30-27(28)22-12-9-8-10-13-22/h8-10,12-13,16-21H,15H2,1-7H3. The summed E-state index contributed by atoms with van der Waals surface area (Å²) in [5, 5.41) is 0. The number of ether oxygens (including phenoxy) is 2. The Balaban J connectivity index is 2.14. The molecule has 0 aromatic heterocycles. The third-order valence-electron chi connectivity index (χ3n) is 5.18. The van der Waals surface area contributed by atoms with Gasteiger partial charge in [0.15, 0.2) is 6.61 Å². The van der Waals surface area contributed by atoms with E-state index in [1.165, 1.54) is 22.3 Å². The van der Waals surface area contributed by atoms with E-state index in [-0.39, 0.29) is 18.7 Å². The third-order valence-corrected chi connectivity index (χ3v) is 5.18. The SMILES string of the molecule is CC(C)c1cc(C(C)C)c(C(C)OC#CCOC(=O)c2ccccc2)c(C(C)C)c1. The normalized spacial score (nSPS) is 11.9. The lowest BCUT2D eigenvalue weighted by Crippen LogP contribution is -2.10. The van der Waals surface area contributed by atoms with Gasteiger partial charge in [-0.15, -0.1) is 0 Å². The Kier molecular flexibility index (Phi) is 8.54. The molecule has 0 amide bonds. The maximum atomic E-state index is 12.0. The summed E-state index contributed by atoms with van der Waals surface area (Å²) in [5.74, 6) is 3.67. The van der Waals surface area contributed by atoms with Gasteiger partial charge in [0.25, 0.3) is 0 Å². The zero-order valence-corrected chi connectivity index (χ0v) is 19.3. The minimum absolute atomic E-state index is 0.000804. The van der Waals surface area contributed by atoms with Crippen LogP contribution in [-0.4, -0.2) is 12.6 Å². The average molecular weight is 407 g/mol. The highest BCUT2D eigenvalue weighted by molar-refractivity contribution is 5.89. The number of esters is 1. The van der Waals surface area contributed by atoms with Crippen molar-refractivity contribution in [3.05, 3.63) is 70.3 Å². The van der Waals surface area contributed by atoms with Gasteiger partial charge in [-0.3, -0.25) is 0 Å². The first-order valence-corrected chi connectivity index (χ1v) is 10.8. The van der Waals surface area contributed by atoms with Crippen LogP contribution in [0.5, 0.6) is 0 Å². The molecule has 0 aliphatic heterocycles. The van der Waals surface area contributed by atoms with E-state index >= 15 is 0 Å². The quantitative estimate of drug-likeness (QED) is 0.368. The van der Waals surface area contributed by atoms with Crippen LogP contribution < -0.4 is 0 Å². The molecule has 0 N–H and O–H groups in total. The Hall–Kier alpha value is -2.73. The molecule has 0 radical (unpaired) electrons. The summed E-state index contributed by atoms with van der Waals surface area (Å²) in [6.45, 7) is 15.4. The van der Waals surface area contributed by atoms with Gasteiger partial charge in [-0.25, -0.2) is 4.79 Å². The number of benzene rings is 2. The van der Waals surface area contributed by atoms with E-state index in [4.69, 9.17) is 9.47 Å². The van der Waals surface area contributed by atoms with Crippen molar-refractivity contribution in [2.24, 2.45) is 0 Å². The molecule has 0 fully saturated rings. The topological polar surface area (TPSA) is 35.5 Å². The molecular formula is C27H34O3. The second-order valence-electron chi connectivity index (χ2n) is 8.56. The van der Waals surface area contributed by atoms with Crippen molar-refractivity contribution >= 4 is 5.97 Å². The van der Waals surface area contributed by atoms with E-state index < -0.39 is 0 Å². The van der Waals surface area contributed by atoms with Crippen LogP contribution in [0.1, 0.15) is 105 Å². The second kappa shape index (κ2) is 10.9. The van der Waals surface area contributed by atoms with Crippen molar-refractivity contribution in [1.29, 1.82) is 0 Å². The van der Waals surface area contributed by atoms with Crippen molar-refractivity contribution in [2.75, 3.05) is 6.61 Å². The van der Waals surface area contributed by atoms with E-state index in [9.17, 15) is 4.79 Å². The van der Waals surface area contributed by atoms with Gasteiger partial charge in [-0.1, -0.05) is 71.9 Å². The summed E-state index contributed by atoms with van der Waals surface area (Å²) in [4.78, 5) is 12.0. The first-order valence-electron chi connectivity index (χ1n) is 10.8. The van der Waals surface area contributed by atoms with Crippen LogP contribution in [-0.2, 0) is 9.47 Å². The molecule has 0 saturated carbocycles. The monoisotopic (exact) mass is 406 g/mol. The van der Waals surface area contributed by atoms with Crippen LogP contribution in [0.15, 0.2) is 42.5 Å². The van der Waals surface area contributed by atoms with Crippen LogP contribution in [0.2, 0.25) is 0 Å². The van der Waals surface area contributed by atoms with Gasteiger partial charge >= 0.3 is 5.97 Å². The molecule has 0 aliphatic carbocycles. The van der Waals surface area contributed by atoms with E-state index in [0.717, 1.165) is 0 Å². The molecule has 0 heterocycles. The van der Waals surface area contributed by atoms with Crippen LogP contribution in [0, 0.1) is 12.0 Å². The maximum Gasteiger partial charge on any atom is 0.339 e. The summed E-state index contributed by atoms with van der Waals surface area (Å²) in [6, 6.07) is 13.5. The van der Waals surface area contributed by atoms with Gasteiger partial charge in [0, 0.05) is 5.56 Å². The maximum absolute atomic E-state index is 12.0. The van der Waals surface area contributed by atoms with E-state index in [1.54, 1.807) is 24.3 Å². The Morgan fingerprint density at radius 1 is 0.867 bits per heavy atom. The van der Waals surface area contributed by atoms with E-state index in [1.807, 2.05) is 13.0 Å². The molecule has 1 atom stereocenters. The summed E-state index contributed by atoms with van der Waals surface area (Å²) in [5.41, 5.74) is 5.73. The number of carbonyl (C=O) groups excluding carboxylic acids is 1. The molecule has 0 spiro atoms. The molecule has 0 aliphatic rings. The van der Waals surface area contributed by atoms with Gasteiger partial charge in [-0.2, -0.15) is 0 Å². The largest absolute Gasteiger partial charge is 0.449 e. The number of rotatable bonds is 7. The molecule has 0 bridgehead atoms. The molecular weight excluding hydrogens is 372 g/mol. The van der Waals surface area contributed by atoms with Crippen molar-refractivity contribution in [3.63, 3.8) is 0 Å². The molecule has 2 aromatic carbocycles. The Bertz CT molecular complexity index is 870. The van der Waals surface area contributed by atoms with Gasteiger partial charge < -0.3 is 9.47 Å². The zero-order valence-electron chi connectivity index (χ0n) is 19.3. The lowest BCUT2D eigenvalue weighted by molar-refractivity contribution is 0.0555. The fraction of sp³-hybridized carbons (Fsp3) is 0.444. The summed E-state index contributed by atoms with van der Waals surface area (Å²) in [6.07, 6.45) is 2.56. The third kappa shape index (κ3) is 6.13. The number of hydrogen-bond acceptors (Lipinski definition) is 3. The molecule has 2 aromatic rings. The molecule has 3 nitrogen and oxygen atoms in total. The van der Waals surface area contributed by atoms with Crippen LogP contribution in [0.25, 0.3) is 0 Å². The van der Waals surface area contributed by atoms with Crippen LogP contribution >= 0.6 is 0 Å². The highest BCUT2D eigenvalue weighted by atomic mass is 16.5. The van der Waals surface area contributed by atoms with E-state index in [2.05, 4.69) is 65.7 Å². The minimum atomic E-state index is -0.383. The van der Waals surface area contributed by atoms with Gasteiger partial charge in [-0.05, 0) is 59.4 Å². The van der Waals surface area contributed by atoms with Crippen LogP contribution in [0.4, 0.5) is 0 Å². The summed E-state index contributed by atoms with van der Waals surface area (Å²) >= 11 is 0. The molecule has 1 unspecified atom stereocenters. The number of carbonyl (C=O) groups is 1. The highest BCUT2D eigenvalue weighted by Gasteiger charge is 2.21. The summed E-state index contributed by atoms with van der Waals surface area (Å²) in [7, 11) is 0. The molecule has 30 heavy (non-hydrogen) atoms. The second-order valence-corrected chi connectivity index (χ2v) is 8.56. The highest BCUT2D eigenvalue weighted by Crippen LogP contribution is 2.36. The average Bonchev–Trinajstić information content (AvgIpc) is 2.72. The lowest BCUT2D eigenvalue weighted by Gasteiger charge is -2.25. The minimum Gasteiger partial charge on any atom is -0.449 e. The van der Waals surface area contributed by atoms with Crippen molar-refractivity contribution < 1.29 is 14.3 Å². The molecule has 0 saturated heterocycles. The Labute approximate surface area is 181 Å². The first-order chi connectivity index (χ1) is 14.2. The molecule has 3 heteroatoms. The van der Waals surface area contributed by atoms with Gasteiger partial charge in [0.1, 0.15) is 12.2 Å². The molecule has 2 rings (SSSR count). The molecule has 160 valence electrons. The lowest BCUT2D eigenvalue weighted by atomic mass is 9.82. The van der Waals surface area contributed by atoms with E-state index in [0.29, 0.717) is 23.3 Å². The van der Waals surface area contributed by atoms with Crippen LogP contribution in [0.3, 0.4) is 0 Å². The van der Waals surface area contributed by atoms with Gasteiger partial charge in [0.2, 0.25) is 0 Å². The van der Waals surface area contributed by atoms with Crippen molar-refractivity contribution in [2.45, 2.75) is 72.3 Å². The Morgan fingerprint density at radius 2 is 1.43 bits per heavy atom. The zero-order chi connectivity index (χ0) is 22.3. The number of hydrogen-bond donors (Lipinski definition) is 0. The Morgan fingerprint density at radius 3 is 1.93 bits per heavy atom. The predicted molar refractivity (Wildman–Crippen MR) is 123 cm³/mol.